The zero-order valence-electron chi connectivity index (χ0n) is 14.6. The molecule has 0 aliphatic carbocycles. The Morgan fingerprint density at radius 3 is 0.875 bits per heavy atom. The number of aromatic nitrogens is 2. The number of rotatable bonds is 0. The van der Waals surface area contributed by atoms with E-state index in [2.05, 4.69) is 48.1 Å². The van der Waals surface area contributed by atoms with Crippen molar-refractivity contribution in [1.82, 2.24) is 9.97 Å². The van der Waals surface area contributed by atoms with Crippen LogP contribution in [0.1, 0.15) is 33.9 Å². The molecule has 0 aliphatic heterocycles. The molecule has 2 aromatic heterocycles. The average molecular weight is 469 g/mol. The predicted molar refractivity (Wildman–Crippen MR) is 90.9 cm³/mol. The van der Waals surface area contributed by atoms with Crippen LogP contribution in [0.15, 0.2) is 24.3 Å². The molecule has 6 nitrogen and oxygen atoms in total. The van der Waals surface area contributed by atoms with Crippen LogP contribution in [0.4, 0.5) is 0 Å². The highest BCUT2D eigenvalue weighted by Crippen LogP contribution is 2.02. The van der Waals surface area contributed by atoms with Crippen molar-refractivity contribution in [2.75, 3.05) is 0 Å². The number of halogens is 2. The fourth-order valence-electron chi connectivity index (χ4n) is 2.09. The van der Waals surface area contributed by atoms with Gasteiger partial charge in [-0.15, -0.1) is 10.2 Å². The third kappa shape index (κ3) is 16.0. The lowest BCUT2D eigenvalue weighted by Crippen LogP contribution is -2.68. The third-order valence-corrected chi connectivity index (χ3v) is 2.45. The van der Waals surface area contributed by atoms with E-state index in [0.29, 0.717) is 0 Å². The molecule has 2 rings (SSSR count). The van der Waals surface area contributed by atoms with Gasteiger partial charge in [-0.2, -0.15) is 0 Å². The molecule has 0 N–H and O–H groups in total. The van der Waals surface area contributed by atoms with Crippen LogP contribution in [0, 0.1) is 51.8 Å². The Kier molecular flexibility index (Phi) is 12.3. The Balaban J connectivity index is 0. The maximum Gasteiger partial charge on any atom is 0.0378 e. The molecular weight excluding hydrogens is 447 g/mol. The van der Waals surface area contributed by atoms with Crippen LogP contribution < -0.4 is 18.6 Å². The molecule has 24 heavy (non-hydrogen) atoms. The summed E-state index contributed by atoms with van der Waals surface area (Å²) < 4.78 is 34.0. The van der Waals surface area contributed by atoms with Gasteiger partial charge in [-0.1, -0.05) is 0 Å². The van der Waals surface area contributed by atoms with Gasteiger partial charge >= 0.3 is 0 Å². The number of aryl methyl sites for hydroxylation is 6. The molecule has 0 spiro atoms. The second-order valence-corrected chi connectivity index (χ2v) is 5.99. The normalized spacial score (nSPS) is 9.75. The van der Waals surface area contributed by atoms with E-state index in [1.165, 1.54) is 11.1 Å². The molecule has 0 saturated carbocycles. The van der Waals surface area contributed by atoms with Gasteiger partial charge in [0.2, 0.25) is 0 Å². The quantitative estimate of drug-likeness (QED) is 0.508. The Morgan fingerprint density at radius 1 is 0.583 bits per heavy atom. The number of pyridine rings is 2. The maximum absolute atomic E-state index is 8.49. The van der Waals surface area contributed by atoms with Crippen molar-refractivity contribution in [3.63, 3.8) is 0 Å². The second-order valence-electron chi connectivity index (χ2n) is 5.23. The van der Waals surface area contributed by atoms with E-state index in [4.69, 9.17) is 18.6 Å². The molecule has 2 aromatic rings. The lowest BCUT2D eigenvalue weighted by molar-refractivity contribution is -2.00. The van der Waals surface area contributed by atoms with Crippen molar-refractivity contribution in [2.24, 2.45) is 0 Å². The van der Waals surface area contributed by atoms with Crippen LogP contribution in [0.5, 0.6) is 0 Å². The Hall–Kier alpha value is -0.840. The summed E-state index contributed by atoms with van der Waals surface area (Å²) in [6, 6.07) is 8.31. The zero-order valence-corrected chi connectivity index (χ0v) is 17.5. The average Bonchev–Trinajstić information content (AvgIpc) is 2.22. The molecule has 0 fully saturated rings. The minimum absolute atomic E-state index is 0. The van der Waals surface area contributed by atoms with Gasteiger partial charge in [0.05, 0.1) is 0 Å². The highest BCUT2D eigenvalue weighted by Gasteiger charge is 1.89. The summed E-state index contributed by atoms with van der Waals surface area (Å²) in [4.78, 5) is 8.47. The first-order chi connectivity index (χ1) is 10.4. The molecule has 135 valence electrons. The van der Waals surface area contributed by atoms with Gasteiger partial charge in [0.1, 0.15) is 0 Å². The second kappa shape index (κ2) is 11.7. The van der Waals surface area contributed by atoms with Crippen LogP contribution in [0.2, 0.25) is 0 Å². The largest absolute Gasteiger partial charge is 0.258 e. The van der Waals surface area contributed by atoms with Crippen molar-refractivity contribution >= 4 is 24.0 Å². The molecule has 1 radical (unpaired) electrons. The first-order valence-corrected chi connectivity index (χ1v) is 8.06. The van der Waals surface area contributed by atoms with E-state index in [0.717, 1.165) is 22.8 Å². The summed E-state index contributed by atoms with van der Waals surface area (Å²) in [5, 5.41) is 0. The van der Waals surface area contributed by atoms with Gasteiger partial charge in [0.15, 0.2) is 0 Å². The van der Waals surface area contributed by atoms with Gasteiger partial charge < -0.3 is 0 Å². The van der Waals surface area contributed by atoms with E-state index < -0.39 is 10.2 Å². The summed E-state index contributed by atoms with van der Waals surface area (Å²) in [5.41, 5.74) is 7.00. The van der Waals surface area contributed by atoms with Crippen LogP contribution >= 0.6 is 24.0 Å². The molecule has 2 heterocycles. The number of hydrogen-bond donors (Lipinski definition) is 0. The summed E-state index contributed by atoms with van der Waals surface area (Å²) in [7, 11) is -4.94. The van der Waals surface area contributed by atoms with E-state index in [1.807, 2.05) is 27.7 Å². The van der Waals surface area contributed by atoms with Crippen molar-refractivity contribution in [1.29, 1.82) is 0 Å². The van der Waals surface area contributed by atoms with Crippen molar-refractivity contribution in [3.8, 4) is 0 Å². The van der Waals surface area contributed by atoms with E-state index in [-0.39, 0.29) is 24.0 Å². The van der Waals surface area contributed by atoms with Crippen molar-refractivity contribution in [2.45, 2.75) is 41.5 Å². The lowest BCUT2D eigenvalue weighted by Gasteiger charge is -2.17. The minimum Gasteiger partial charge on any atom is -0.258 e. The highest BCUT2D eigenvalue weighted by atomic mass is 127. The van der Waals surface area contributed by atoms with Crippen LogP contribution in [-0.4, -0.2) is 9.97 Å². The summed E-state index contributed by atoms with van der Waals surface area (Å²) >= 11 is 0. The smallest absolute Gasteiger partial charge is 0.0378 e. The summed E-state index contributed by atoms with van der Waals surface area (Å²) in [5.74, 6) is 0. The van der Waals surface area contributed by atoms with Gasteiger partial charge in [-0.3, -0.25) is 9.97 Å². The fraction of sp³-hybridized carbons (Fsp3) is 0.375. The molecule has 0 unspecified atom stereocenters. The summed E-state index contributed by atoms with van der Waals surface area (Å²) in [6.07, 6.45) is 0. The number of hydrogen-bond acceptors (Lipinski definition) is 6. The van der Waals surface area contributed by atoms with E-state index in [9.17, 15) is 0 Å². The van der Waals surface area contributed by atoms with Crippen LogP contribution in [0.3, 0.4) is 0 Å². The van der Waals surface area contributed by atoms with Gasteiger partial charge in [-0.25, -0.2) is 18.6 Å². The first-order valence-electron chi connectivity index (χ1n) is 6.82. The molecule has 0 aromatic carbocycles. The highest BCUT2D eigenvalue weighted by molar-refractivity contribution is 14.0. The Bertz CT molecular complexity index is 478. The number of nitrogens with zero attached hydrogens (tertiary/aromatic N) is 2. The lowest BCUT2D eigenvalue weighted by atomic mass is 10.2. The standard InChI is InChI=1S/2C8H11N.ClHO4.I/c2*1-6-4-7(2)9-8(3)5-6;2-1(3,4)5;/h2*4-5H,1-3H3;(H,2,3,4,5);/p-1. The van der Waals surface area contributed by atoms with Gasteiger partial charge in [-0.05, 0) is 76.9 Å². The minimum atomic E-state index is -4.94. The molecule has 0 aliphatic rings. The van der Waals surface area contributed by atoms with Crippen LogP contribution in [0.25, 0.3) is 0 Å². The van der Waals surface area contributed by atoms with Gasteiger partial charge in [0.25, 0.3) is 0 Å². The topological polar surface area (TPSA) is 118 Å². The molecule has 8 heteroatoms. The molecular formula is C16H22ClIN2O4-. The van der Waals surface area contributed by atoms with Crippen LogP contribution in [-0.2, 0) is 0 Å². The monoisotopic (exact) mass is 468 g/mol. The van der Waals surface area contributed by atoms with Crippen molar-refractivity contribution in [3.05, 3.63) is 58.2 Å². The molecule has 0 amide bonds. The molecule has 0 bridgehead atoms. The Morgan fingerprint density at radius 2 is 0.750 bits per heavy atom. The predicted octanol–water partition coefficient (Wildman–Crippen LogP) is 0.143. The van der Waals surface area contributed by atoms with E-state index >= 15 is 0 Å². The molecule has 0 atom stereocenters. The third-order valence-electron chi connectivity index (χ3n) is 2.45. The van der Waals surface area contributed by atoms with Gasteiger partial charge in [0, 0.05) is 46.8 Å². The maximum atomic E-state index is 8.49. The summed E-state index contributed by atoms with van der Waals surface area (Å²) in [6.45, 7) is 12.2. The first kappa shape index (κ1) is 25.4. The van der Waals surface area contributed by atoms with E-state index in [1.54, 1.807) is 0 Å². The molecule has 0 saturated heterocycles. The SMILES string of the molecule is Cc1cc(C)nc(C)c1.Cc1cc(C)nc(C)c1.[I].[O-][Cl+3]([O-])([O-])[O-]. The zero-order chi connectivity index (χ0) is 18.2. The van der Waals surface area contributed by atoms with Crippen molar-refractivity contribution < 1.29 is 28.9 Å². The fourth-order valence-corrected chi connectivity index (χ4v) is 2.09. The Labute approximate surface area is 162 Å².